The zero-order valence-corrected chi connectivity index (χ0v) is 21.3. The Morgan fingerprint density at radius 1 is 1.03 bits per heavy atom. The third kappa shape index (κ3) is 6.65. The van der Waals surface area contributed by atoms with Crippen molar-refractivity contribution in [1.29, 1.82) is 0 Å². The van der Waals surface area contributed by atoms with E-state index in [2.05, 4.69) is 5.32 Å². The van der Waals surface area contributed by atoms with Gasteiger partial charge in [0, 0.05) is 25.7 Å². The van der Waals surface area contributed by atoms with Crippen LogP contribution in [0, 0.1) is 11.7 Å². The van der Waals surface area contributed by atoms with E-state index in [1.807, 2.05) is 0 Å². The molecule has 0 heterocycles. The van der Waals surface area contributed by atoms with Gasteiger partial charge in [0.25, 0.3) is 5.91 Å². The van der Waals surface area contributed by atoms with E-state index in [0.717, 1.165) is 12.8 Å². The first-order valence-corrected chi connectivity index (χ1v) is 13.1. The highest BCUT2D eigenvalue weighted by Gasteiger charge is 2.29. The van der Waals surface area contributed by atoms with Gasteiger partial charge in [-0.2, -0.15) is 8.42 Å². The fraction of sp³-hybridized carbons (Fsp3) is 0.259. The monoisotopic (exact) mass is 526 g/mol. The minimum Gasteiger partial charge on any atom is -0.493 e. The van der Waals surface area contributed by atoms with Crippen LogP contribution < -0.4 is 14.2 Å². The first-order valence-electron chi connectivity index (χ1n) is 11.7. The molecule has 3 aromatic carbocycles. The van der Waals surface area contributed by atoms with Crippen molar-refractivity contribution in [2.75, 3.05) is 19.0 Å². The molecule has 3 aromatic rings. The average molecular weight is 527 g/mol. The van der Waals surface area contributed by atoms with E-state index >= 15 is 0 Å². The molecule has 194 valence electrons. The number of ether oxygens (including phenoxy) is 1. The SMILES string of the molecule is COc1ccc(CN(CC2CC2)C(=O)c2ccccc2F)cc1OS(=O)(=O)c1ccc(NC(C)=O)cc1. The molecule has 0 atom stereocenters. The van der Waals surface area contributed by atoms with Crippen molar-refractivity contribution in [2.24, 2.45) is 5.92 Å². The summed E-state index contributed by atoms with van der Waals surface area (Å²) in [5.74, 6) is -0.812. The Balaban J connectivity index is 1.58. The van der Waals surface area contributed by atoms with Gasteiger partial charge in [0.15, 0.2) is 11.5 Å². The quantitative estimate of drug-likeness (QED) is 0.387. The van der Waals surface area contributed by atoms with Crippen LogP contribution in [0.3, 0.4) is 0 Å². The average Bonchev–Trinajstić information content (AvgIpc) is 3.68. The lowest BCUT2D eigenvalue weighted by molar-refractivity contribution is -0.114. The molecule has 0 aliphatic heterocycles. The molecule has 0 radical (unpaired) electrons. The van der Waals surface area contributed by atoms with Gasteiger partial charge in [0.1, 0.15) is 10.7 Å². The minimum absolute atomic E-state index is 0.0153. The Bertz CT molecular complexity index is 1400. The summed E-state index contributed by atoms with van der Waals surface area (Å²) in [6.45, 7) is 1.95. The first-order chi connectivity index (χ1) is 17.7. The van der Waals surface area contributed by atoms with Crippen molar-refractivity contribution in [3.63, 3.8) is 0 Å². The zero-order valence-electron chi connectivity index (χ0n) is 20.4. The molecular weight excluding hydrogens is 499 g/mol. The fourth-order valence-electron chi connectivity index (χ4n) is 3.82. The van der Waals surface area contributed by atoms with Crippen molar-refractivity contribution in [3.05, 3.63) is 83.7 Å². The van der Waals surface area contributed by atoms with Gasteiger partial charge in [-0.25, -0.2) is 4.39 Å². The highest BCUT2D eigenvalue weighted by molar-refractivity contribution is 7.87. The number of benzene rings is 3. The van der Waals surface area contributed by atoms with Crippen LogP contribution >= 0.6 is 0 Å². The predicted octanol–water partition coefficient (Wildman–Crippen LogP) is 4.61. The molecule has 10 heteroatoms. The van der Waals surface area contributed by atoms with Gasteiger partial charge < -0.3 is 19.1 Å². The summed E-state index contributed by atoms with van der Waals surface area (Å²) in [6, 6.07) is 16.1. The highest BCUT2D eigenvalue weighted by atomic mass is 32.2. The van der Waals surface area contributed by atoms with E-state index in [4.69, 9.17) is 8.92 Å². The van der Waals surface area contributed by atoms with Gasteiger partial charge in [0.05, 0.1) is 12.7 Å². The van der Waals surface area contributed by atoms with Crippen LogP contribution in [-0.2, 0) is 21.5 Å². The number of methoxy groups -OCH3 is 1. The molecule has 0 saturated heterocycles. The van der Waals surface area contributed by atoms with Crippen LogP contribution in [0.15, 0.2) is 71.6 Å². The molecule has 1 aliphatic carbocycles. The standard InChI is InChI=1S/C27H27FN2O6S/c1-18(31)29-21-10-12-22(13-11-21)37(33,34)36-26-15-20(9-14-25(26)35-2)17-30(16-19-7-8-19)27(32)23-5-3-4-6-24(23)28/h3-6,9-15,19H,7-8,16-17H2,1-2H3,(H,29,31). The Hall–Kier alpha value is -3.92. The molecule has 1 fully saturated rings. The van der Waals surface area contributed by atoms with Gasteiger partial charge >= 0.3 is 10.1 Å². The maximum absolute atomic E-state index is 14.3. The van der Waals surface area contributed by atoms with Crippen LogP contribution in [0.1, 0.15) is 35.7 Å². The number of amides is 2. The first kappa shape index (κ1) is 26.2. The Kier molecular flexibility index (Phi) is 7.77. The van der Waals surface area contributed by atoms with Crippen molar-refractivity contribution in [3.8, 4) is 11.5 Å². The number of nitrogens with one attached hydrogen (secondary N) is 1. The van der Waals surface area contributed by atoms with Gasteiger partial charge in [-0.1, -0.05) is 18.2 Å². The van der Waals surface area contributed by atoms with Gasteiger partial charge in [-0.15, -0.1) is 0 Å². The molecule has 0 spiro atoms. The maximum atomic E-state index is 14.3. The topological polar surface area (TPSA) is 102 Å². The summed E-state index contributed by atoms with van der Waals surface area (Å²) in [5, 5.41) is 2.57. The van der Waals surface area contributed by atoms with Crippen molar-refractivity contribution in [2.45, 2.75) is 31.2 Å². The van der Waals surface area contributed by atoms with E-state index in [1.165, 1.54) is 62.6 Å². The predicted molar refractivity (Wildman–Crippen MR) is 135 cm³/mol. The number of nitrogens with zero attached hydrogens (tertiary/aromatic N) is 1. The van der Waals surface area contributed by atoms with Crippen LogP contribution in [0.5, 0.6) is 11.5 Å². The Morgan fingerprint density at radius 3 is 2.35 bits per heavy atom. The number of halogens is 1. The van der Waals surface area contributed by atoms with Gasteiger partial charge in [-0.05, 0) is 72.9 Å². The second kappa shape index (κ2) is 11.0. The molecule has 2 amide bonds. The molecule has 0 aromatic heterocycles. The summed E-state index contributed by atoms with van der Waals surface area (Å²) in [7, 11) is -2.85. The van der Waals surface area contributed by atoms with Crippen molar-refractivity contribution in [1.82, 2.24) is 4.90 Å². The normalized spacial score (nSPS) is 13.1. The lowest BCUT2D eigenvalue weighted by Gasteiger charge is -2.24. The second-order valence-electron chi connectivity index (χ2n) is 8.84. The number of hydrogen-bond acceptors (Lipinski definition) is 6. The van der Waals surface area contributed by atoms with E-state index in [0.29, 0.717) is 23.7 Å². The zero-order chi connectivity index (χ0) is 26.6. The van der Waals surface area contributed by atoms with Gasteiger partial charge in [0.2, 0.25) is 5.91 Å². The maximum Gasteiger partial charge on any atom is 0.339 e. The molecule has 1 N–H and O–H groups in total. The van der Waals surface area contributed by atoms with Crippen molar-refractivity contribution >= 4 is 27.6 Å². The molecule has 1 saturated carbocycles. The summed E-state index contributed by atoms with van der Waals surface area (Å²) in [5.41, 5.74) is 1.03. The molecule has 0 unspecified atom stereocenters. The second-order valence-corrected chi connectivity index (χ2v) is 10.4. The van der Waals surface area contributed by atoms with Gasteiger partial charge in [-0.3, -0.25) is 9.59 Å². The summed E-state index contributed by atoms with van der Waals surface area (Å²) in [4.78, 5) is 25.8. The van der Waals surface area contributed by atoms with Crippen molar-refractivity contribution < 1.29 is 31.3 Å². The van der Waals surface area contributed by atoms with E-state index < -0.39 is 21.8 Å². The van der Waals surface area contributed by atoms with Crippen LogP contribution in [0.4, 0.5) is 10.1 Å². The Morgan fingerprint density at radius 2 is 1.73 bits per heavy atom. The lowest BCUT2D eigenvalue weighted by Crippen LogP contribution is -2.33. The van der Waals surface area contributed by atoms with E-state index in [-0.39, 0.29) is 34.4 Å². The fourth-order valence-corrected chi connectivity index (χ4v) is 4.75. The molecule has 1 aliphatic rings. The number of anilines is 1. The largest absolute Gasteiger partial charge is 0.493 e. The summed E-state index contributed by atoms with van der Waals surface area (Å²) >= 11 is 0. The number of carbonyl (C=O) groups excluding carboxylic acids is 2. The minimum atomic E-state index is -4.23. The summed E-state index contributed by atoms with van der Waals surface area (Å²) in [6.07, 6.45) is 1.99. The smallest absolute Gasteiger partial charge is 0.339 e. The highest BCUT2D eigenvalue weighted by Crippen LogP contribution is 2.34. The Labute approximate surface area is 215 Å². The van der Waals surface area contributed by atoms with E-state index in [1.54, 1.807) is 23.1 Å². The van der Waals surface area contributed by atoms with E-state index in [9.17, 15) is 22.4 Å². The molecular formula is C27H27FN2O6S. The third-order valence-electron chi connectivity index (χ3n) is 5.83. The number of carbonyl (C=O) groups is 2. The van der Waals surface area contributed by atoms with Crippen LogP contribution in [0.25, 0.3) is 0 Å². The van der Waals surface area contributed by atoms with Crippen LogP contribution in [-0.4, -0.2) is 38.8 Å². The number of hydrogen-bond donors (Lipinski definition) is 1. The third-order valence-corrected chi connectivity index (χ3v) is 7.08. The van der Waals surface area contributed by atoms with Crippen LogP contribution in [0.2, 0.25) is 0 Å². The lowest BCUT2D eigenvalue weighted by atomic mass is 10.1. The molecule has 37 heavy (non-hydrogen) atoms. The molecule has 4 rings (SSSR count). The molecule has 8 nitrogen and oxygen atoms in total. The molecule has 0 bridgehead atoms. The summed E-state index contributed by atoms with van der Waals surface area (Å²) < 4.78 is 50.9. The number of rotatable bonds is 10.